The molecule has 106 valence electrons. The van der Waals surface area contributed by atoms with E-state index in [2.05, 4.69) is 10.4 Å². The van der Waals surface area contributed by atoms with Gasteiger partial charge in [-0.25, -0.2) is 4.79 Å². The van der Waals surface area contributed by atoms with E-state index in [1.54, 1.807) is 11.1 Å². The largest absolute Gasteiger partial charge is 0.370 e. The van der Waals surface area contributed by atoms with Crippen LogP contribution < -0.4 is 11.1 Å². The number of hydrogen-bond donors (Lipinski definition) is 2. The maximum Gasteiger partial charge on any atom is 0.317 e. The summed E-state index contributed by atoms with van der Waals surface area (Å²) in [5.41, 5.74) is 5.99. The number of nitrogens with two attached hydrogens (primary N) is 1. The highest BCUT2D eigenvalue weighted by Gasteiger charge is 2.12. The fourth-order valence-corrected chi connectivity index (χ4v) is 1.61. The normalized spacial score (nSPS) is 10.2. The van der Waals surface area contributed by atoms with E-state index >= 15 is 0 Å². The van der Waals surface area contributed by atoms with E-state index in [1.807, 2.05) is 24.7 Å². The van der Waals surface area contributed by atoms with Crippen molar-refractivity contribution in [2.75, 3.05) is 13.1 Å². The van der Waals surface area contributed by atoms with Crippen LogP contribution in [0.3, 0.4) is 0 Å². The number of rotatable bonds is 7. The molecule has 0 radical (unpaired) electrons. The molecule has 0 fully saturated rings. The van der Waals surface area contributed by atoms with Crippen LogP contribution in [0.4, 0.5) is 4.79 Å². The van der Waals surface area contributed by atoms with Crippen LogP contribution in [0.15, 0.2) is 12.4 Å². The average molecular weight is 267 g/mol. The zero-order chi connectivity index (χ0) is 14.3. The number of aryl methyl sites for hydroxylation is 1. The zero-order valence-electron chi connectivity index (χ0n) is 11.4. The summed E-state index contributed by atoms with van der Waals surface area (Å²) in [5.74, 6) is -0.424. The molecule has 0 aliphatic rings. The number of carbonyl (C=O) groups is 2. The predicted octanol–water partition coefficient (Wildman–Crippen LogP) is 0.310. The molecule has 0 atom stereocenters. The molecule has 0 bridgehead atoms. The topological polar surface area (TPSA) is 93.2 Å². The molecule has 0 aliphatic heterocycles. The number of aromatic nitrogens is 2. The number of carbonyl (C=O) groups excluding carboxylic acids is 2. The molecule has 7 nitrogen and oxygen atoms in total. The molecule has 1 aromatic rings. The van der Waals surface area contributed by atoms with Gasteiger partial charge in [0, 0.05) is 37.8 Å². The Balaban J connectivity index is 2.47. The monoisotopic (exact) mass is 267 g/mol. The number of urea groups is 1. The van der Waals surface area contributed by atoms with Crippen LogP contribution in [0, 0.1) is 0 Å². The first-order valence-corrected chi connectivity index (χ1v) is 6.39. The Labute approximate surface area is 112 Å². The summed E-state index contributed by atoms with van der Waals surface area (Å²) in [7, 11) is 0. The van der Waals surface area contributed by atoms with Crippen LogP contribution in [0.5, 0.6) is 0 Å². The van der Waals surface area contributed by atoms with Gasteiger partial charge in [0.15, 0.2) is 0 Å². The lowest BCUT2D eigenvalue weighted by Gasteiger charge is -2.20. The van der Waals surface area contributed by atoms with Gasteiger partial charge in [-0.15, -0.1) is 0 Å². The third-order valence-electron chi connectivity index (χ3n) is 2.70. The van der Waals surface area contributed by atoms with Crippen LogP contribution in [-0.4, -0.2) is 39.7 Å². The van der Waals surface area contributed by atoms with Gasteiger partial charge in [-0.2, -0.15) is 5.10 Å². The highest BCUT2D eigenvalue weighted by atomic mass is 16.2. The van der Waals surface area contributed by atoms with E-state index in [0.29, 0.717) is 13.1 Å². The molecule has 19 heavy (non-hydrogen) atoms. The van der Waals surface area contributed by atoms with Crippen molar-refractivity contribution in [1.29, 1.82) is 0 Å². The lowest BCUT2D eigenvalue weighted by atomic mass is 10.3. The maximum atomic E-state index is 11.9. The number of amides is 3. The van der Waals surface area contributed by atoms with Crippen molar-refractivity contribution in [3.63, 3.8) is 0 Å². The second-order valence-electron chi connectivity index (χ2n) is 4.17. The Hall–Kier alpha value is -2.05. The Morgan fingerprint density at radius 1 is 1.47 bits per heavy atom. The van der Waals surface area contributed by atoms with Crippen LogP contribution in [0.1, 0.15) is 25.8 Å². The van der Waals surface area contributed by atoms with E-state index in [4.69, 9.17) is 5.73 Å². The van der Waals surface area contributed by atoms with Gasteiger partial charge in [-0.05, 0) is 13.8 Å². The third kappa shape index (κ3) is 4.99. The van der Waals surface area contributed by atoms with Crippen molar-refractivity contribution < 1.29 is 9.59 Å². The molecule has 1 heterocycles. The minimum atomic E-state index is -0.424. The van der Waals surface area contributed by atoms with E-state index in [-0.39, 0.29) is 19.0 Å². The highest BCUT2D eigenvalue weighted by Crippen LogP contribution is 2.04. The van der Waals surface area contributed by atoms with Crippen LogP contribution >= 0.6 is 0 Å². The van der Waals surface area contributed by atoms with Gasteiger partial charge in [0.1, 0.15) is 0 Å². The summed E-state index contributed by atoms with van der Waals surface area (Å²) < 4.78 is 1.81. The molecule has 0 saturated carbocycles. The summed E-state index contributed by atoms with van der Waals surface area (Å²) in [6.45, 7) is 6.05. The van der Waals surface area contributed by atoms with Gasteiger partial charge < -0.3 is 16.0 Å². The predicted molar refractivity (Wildman–Crippen MR) is 71.2 cm³/mol. The number of nitrogens with one attached hydrogen (secondary N) is 1. The minimum absolute atomic E-state index is 0.150. The molecule has 7 heteroatoms. The quantitative estimate of drug-likeness (QED) is 0.744. The number of primary amides is 1. The Morgan fingerprint density at radius 2 is 2.21 bits per heavy atom. The second kappa shape index (κ2) is 7.40. The number of nitrogens with zero attached hydrogens (tertiary/aromatic N) is 3. The van der Waals surface area contributed by atoms with Crippen LogP contribution in [0.2, 0.25) is 0 Å². The summed E-state index contributed by atoms with van der Waals surface area (Å²) in [4.78, 5) is 24.1. The minimum Gasteiger partial charge on any atom is -0.370 e. The fraction of sp³-hybridized carbons (Fsp3) is 0.583. The lowest BCUT2D eigenvalue weighted by molar-refractivity contribution is -0.117. The van der Waals surface area contributed by atoms with E-state index in [1.165, 1.54) is 0 Å². The first kappa shape index (κ1) is 15.0. The highest BCUT2D eigenvalue weighted by molar-refractivity contribution is 5.77. The Morgan fingerprint density at radius 3 is 2.74 bits per heavy atom. The molecule has 3 amide bonds. The van der Waals surface area contributed by atoms with Crippen molar-refractivity contribution in [2.45, 2.75) is 33.4 Å². The molecule has 0 saturated heterocycles. The van der Waals surface area contributed by atoms with Gasteiger partial charge in [0.25, 0.3) is 0 Å². The van der Waals surface area contributed by atoms with Crippen molar-refractivity contribution in [1.82, 2.24) is 20.0 Å². The SMILES string of the molecule is CCN(Cc1cnn(CC)c1)C(=O)NCCC(N)=O. The molecule has 0 unspecified atom stereocenters. The fourth-order valence-electron chi connectivity index (χ4n) is 1.61. The third-order valence-corrected chi connectivity index (χ3v) is 2.70. The van der Waals surface area contributed by atoms with Gasteiger partial charge in [0.2, 0.25) is 5.91 Å². The molecule has 0 aromatic carbocycles. The van der Waals surface area contributed by atoms with Crippen molar-refractivity contribution >= 4 is 11.9 Å². The summed E-state index contributed by atoms with van der Waals surface area (Å²) in [6, 6.07) is -0.201. The summed E-state index contributed by atoms with van der Waals surface area (Å²) in [6.07, 6.45) is 3.82. The van der Waals surface area contributed by atoms with Crippen molar-refractivity contribution in [3.05, 3.63) is 18.0 Å². The second-order valence-corrected chi connectivity index (χ2v) is 4.17. The Kier molecular flexibility index (Phi) is 5.84. The molecule has 1 rings (SSSR count). The van der Waals surface area contributed by atoms with E-state index in [9.17, 15) is 9.59 Å². The van der Waals surface area contributed by atoms with E-state index in [0.717, 1.165) is 12.1 Å². The molecule has 0 spiro atoms. The van der Waals surface area contributed by atoms with Crippen LogP contribution in [-0.2, 0) is 17.9 Å². The maximum absolute atomic E-state index is 11.9. The first-order chi connectivity index (χ1) is 9.06. The van der Waals surface area contributed by atoms with Gasteiger partial charge in [0.05, 0.1) is 12.7 Å². The smallest absolute Gasteiger partial charge is 0.317 e. The number of hydrogen-bond acceptors (Lipinski definition) is 3. The molecular formula is C12H21N5O2. The van der Waals surface area contributed by atoms with E-state index < -0.39 is 5.91 Å². The summed E-state index contributed by atoms with van der Waals surface area (Å²) in [5, 5.41) is 6.83. The van der Waals surface area contributed by atoms with Crippen LogP contribution in [0.25, 0.3) is 0 Å². The van der Waals surface area contributed by atoms with Crippen molar-refractivity contribution in [3.8, 4) is 0 Å². The van der Waals surface area contributed by atoms with Gasteiger partial charge >= 0.3 is 6.03 Å². The molecular weight excluding hydrogens is 246 g/mol. The van der Waals surface area contributed by atoms with Gasteiger partial charge in [-0.1, -0.05) is 0 Å². The summed E-state index contributed by atoms with van der Waals surface area (Å²) >= 11 is 0. The molecule has 0 aliphatic carbocycles. The first-order valence-electron chi connectivity index (χ1n) is 6.39. The Bertz CT molecular complexity index is 430. The zero-order valence-corrected chi connectivity index (χ0v) is 11.4. The average Bonchev–Trinajstić information content (AvgIpc) is 2.83. The standard InChI is InChI=1S/C12H21N5O2/c1-3-16(12(19)14-6-5-11(13)18)8-10-7-15-17(4-2)9-10/h7,9H,3-6,8H2,1-2H3,(H2,13,18)(H,14,19). The molecule has 3 N–H and O–H groups in total. The van der Waals surface area contributed by atoms with Gasteiger partial charge in [-0.3, -0.25) is 9.48 Å². The lowest BCUT2D eigenvalue weighted by Crippen LogP contribution is -2.40. The molecule has 1 aromatic heterocycles. The van der Waals surface area contributed by atoms with Crippen molar-refractivity contribution in [2.24, 2.45) is 5.73 Å².